The largest absolute Gasteiger partial charge is 0.504 e. The van der Waals surface area contributed by atoms with Crippen molar-refractivity contribution in [1.29, 1.82) is 0 Å². The zero-order valence-electron chi connectivity index (χ0n) is 25.6. The normalized spacial score (nSPS) is 31.1. The summed E-state index contributed by atoms with van der Waals surface area (Å²) in [5.74, 6) is -0.536. The highest BCUT2D eigenvalue weighted by Crippen LogP contribution is 2.31. The molecule has 2 aromatic carbocycles. The lowest BCUT2D eigenvalue weighted by molar-refractivity contribution is -0.360. The first kappa shape index (κ1) is 36.3. The van der Waals surface area contributed by atoms with Gasteiger partial charge >= 0.3 is 5.97 Å². The van der Waals surface area contributed by atoms with Crippen LogP contribution in [0.5, 0.6) is 23.0 Å². The second kappa shape index (κ2) is 16.5. The van der Waals surface area contributed by atoms with Gasteiger partial charge in [0.2, 0.25) is 0 Å². The van der Waals surface area contributed by atoms with Crippen LogP contribution in [-0.2, 0) is 34.9 Å². The predicted molar refractivity (Wildman–Crippen MR) is 158 cm³/mol. The minimum absolute atomic E-state index is 0.0539. The summed E-state index contributed by atoms with van der Waals surface area (Å²) in [5, 5.41) is 82.3. The summed E-state index contributed by atoms with van der Waals surface area (Å²) in [6, 6.07) is 9.14. The van der Waals surface area contributed by atoms with Crippen LogP contribution in [-0.4, -0.2) is 142 Å². The van der Waals surface area contributed by atoms with E-state index in [9.17, 15) is 45.6 Å². The molecule has 0 aromatic heterocycles. The van der Waals surface area contributed by atoms with Gasteiger partial charge in [0.05, 0.1) is 27.4 Å². The summed E-state index contributed by atoms with van der Waals surface area (Å²) in [4.78, 5) is 12.5. The van der Waals surface area contributed by atoms with Gasteiger partial charge in [-0.2, -0.15) is 0 Å². The summed E-state index contributed by atoms with van der Waals surface area (Å²) < 4.78 is 37.9. The fourth-order valence-electron chi connectivity index (χ4n) is 5.03. The van der Waals surface area contributed by atoms with Gasteiger partial charge in [-0.3, -0.25) is 0 Å². The van der Waals surface area contributed by atoms with E-state index in [2.05, 4.69) is 0 Å². The average Bonchev–Trinajstić information content (AvgIpc) is 3.06. The minimum Gasteiger partial charge on any atom is -0.504 e. The molecule has 0 bridgehead atoms. The van der Waals surface area contributed by atoms with E-state index in [1.807, 2.05) is 0 Å². The fourth-order valence-corrected chi connectivity index (χ4v) is 5.03. The molecule has 2 aliphatic heterocycles. The molecule has 0 radical (unpaired) electrons. The lowest BCUT2D eigenvalue weighted by atomic mass is 9.97. The highest BCUT2D eigenvalue weighted by Gasteiger charge is 2.51. The van der Waals surface area contributed by atoms with E-state index in [-0.39, 0.29) is 36.0 Å². The molecule has 16 nitrogen and oxygen atoms in total. The Morgan fingerprint density at radius 1 is 0.809 bits per heavy atom. The Bertz CT molecular complexity index is 1350. The third kappa shape index (κ3) is 8.88. The van der Waals surface area contributed by atoms with Gasteiger partial charge in [-0.05, 0) is 47.9 Å². The molecule has 2 heterocycles. The molecule has 8 N–H and O–H groups in total. The summed E-state index contributed by atoms with van der Waals surface area (Å²) in [5.41, 5.74) is 1.17. The quantitative estimate of drug-likeness (QED) is 0.0900. The summed E-state index contributed by atoms with van der Waals surface area (Å²) >= 11 is 0. The highest BCUT2D eigenvalue weighted by molar-refractivity contribution is 5.87. The van der Waals surface area contributed by atoms with Gasteiger partial charge in [0.1, 0.15) is 55.4 Å². The molecule has 10 atom stereocenters. The second-order valence-corrected chi connectivity index (χ2v) is 10.8. The molecular formula is C31H40O16. The van der Waals surface area contributed by atoms with Crippen molar-refractivity contribution in [2.75, 3.05) is 34.0 Å². The van der Waals surface area contributed by atoms with Gasteiger partial charge in [0, 0.05) is 6.08 Å². The topological polar surface area (TPSA) is 244 Å². The Labute approximate surface area is 269 Å². The summed E-state index contributed by atoms with van der Waals surface area (Å²) in [7, 11) is 2.78. The Hall–Kier alpha value is -3.55. The number of methoxy groups -OCH3 is 2. The van der Waals surface area contributed by atoms with Gasteiger partial charge in [0.25, 0.3) is 0 Å². The molecule has 16 heteroatoms. The van der Waals surface area contributed by atoms with E-state index < -0.39 is 80.6 Å². The van der Waals surface area contributed by atoms with Crippen LogP contribution in [0.1, 0.15) is 11.1 Å². The molecule has 0 saturated carbocycles. The molecule has 4 rings (SSSR count). The molecule has 2 fully saturated rings. The Kier molecular flexibility index (Phi) is 12.8. The first-order chi connectivity index (χ1) is 22.5. The van der Waals surface area contributed by atoms with Crippen LogP contribution >= 0.6 is 0 Å². The number of phenolic OH excluding ortho intramolecular Hbond substituents is 2. The SMILES string of the molecule is COc1ccc(CCO[C@@H]2O[C@H](COC(=O)/C=C/c3ccc(O)c(OC)c3)[C@@H](O)[C@H](O[C@@H]3O[C@H](CO)[C@@H](O)[C@H](O)[C@H]3O)[C@H]2O)cc1O. The molecule has 2 saturated heterocycles. The highest BCUT2D eigenvalue weighted by atomic mass is 16.7. The maximum absolute atomic E-state index is 12.5. The van der Waals surface area contributed by atoms with Gasteiger partial charge < -0.3 is 74.0 Å². The van der Waals surface area contributed by atoms with E-state index in [4.69, 9.17) is 33.2 Å². The summed E-state index contributed by atoms with van der Waals surface area (Å²) in [6.45, 7) is -1.34. The van der Waals surface area contributed by atoms with Crippen LogP contribution in [0.2, 0.25) is 0 Å². The van der Waals surface area contributed by atoms with Crippen molar-refractivity contribution in [1.82, 2.24) is 0 Å². The van der Waals surface area contributed by atoms with Gasteiger partial charge in [0.15, 0.2) is 35.6 Å². The van der Waals surface area contributed by atoms with Crippen molar-refractivity contribution < 1.29 is 78.8 Å². The van der Waals surface area contributed by atoms with E-state index >= 15 is 0 Å². The molecule has 47 heavy (non-hydrogen) atoms. The van der Waals surface area contributed by atoms with Crippen LogP contribution in [0.4, 0.5) is 0 Å². The number of aromatic hydroxyl groups is 2. The summed E-state index contributed by atoms with van der Waals surface area (Å²) in [6.07, 6.45) is -13.4. The van der Waals surface area contributed by atoms with E-state index in [1.165, 1.54) is 44.6 Å². The number of hydrogen-bond acceptors (Lipinski definition) is 16. The number of carbonyl (C=O) groups is 1. The number of esters is 1. The molecule has 0 unspecified atom stereocenters. The molecular weight excluding hydrogens is 628 g/mol. The van der Waals surface area contributed by atoms with Crippen LogP contribution < -0.4 is 9.47 Å². The number of phenols is 2. The second-order valence-electron chi connectivity index (χ2n) is 10.8. The van der Waals surface area contributed by atoms with Gasteiger partial charge in [-0.15, -0.1) is 0 Å². The Balaban J connectivity index is 1.46. The van der Waals surface area contributed by atoms with Gasteiger partial charge in [-0.1, -0.05) is 12.1 Å². The van der Waals surface area contributed by atoms with Crippen LogP contribution in [0.25, 0.3) is 6.08 Å². The smallest absolute Gasteiger partial charge is 0.330 e. The number of benzene rings is 2. The predicted octanol–water partition coefficient (Wildman–Crippen LogP) is -1.44. The molecule has 0 amide bonds. The van der Waals surface area contributed by atoms with Crippen molar-refractivity contribution in [2.45, 2.75) is 67.8 Å². The van der Waals surface area contributed by atoms with Crippen LogP contribution in [0.3, 0.4) is 0 Å². The molecule has 0 spiro atoms. The number of rotatable bonds is 13. The minimum atomic E-state index is -1.84. The van der Waals surface area contributed by atoms with Crippen molar-refractivity contribution in [3.05, 3.63) is 53.6 Å². The zero-order valence-corrected chi connectivity index (χ0v) is 25.6. The standard InChI is InChI=1S/C31H40O16/c1-41-19-7-4-16(11-18(19)34)9-10-43-30-28(40)29(47-31-27(39)26(38)24(36)21(13-32)45-31)25(37)22(46-30)14-44-23(35)8-5-15-3-6-17(33)20(12-15)42-2/h3-8,11-12,21-22,24-34,36-40H,9-10,13-14H2,1-2H3/b8-5+/t21-,22-,24-,25-,26+,27-,28-,29+,30-,31+/m1/s1. The number of aliphatic hydroxyl groups excluding tert-OH is 6. The third-order valence-corrected chi connectivity index (χ3v) is 7.70. The molecule has 2 aromatic rings. The lowest BCUT2D eigenvalue weighted by Crippen LogP contribution is -2.65. The zero-order chi connectivity index (χ0) is 34.2. The van der Waals surface area contributed by atoms with Crippen molar-refractivity contribution in [3.63, 3.8) is 0 Å². The first-order valence-electron chi connectivity index (χ1n) is 14.6. The maximum Gasteiger partial charge on any atom is 0.330 e. The van der Waals surface area contributed by atoms with Gasteiger partial charge in [-0.25, -0.2) is 4.79 Å². The molecule has 2 aliphatic rings. The first-order valence-corrected chi connectivity index (χ1v) is 14.6. The van der Waals surface area contributed by atoms with E-state index in [0.29, 0.717) is 11.1 Å². The Morgan fingerprint density at radius 3 is 2.21 bits per heavy atom. The maximum atomic E-state index is 12.5. The monoisotopic (exact) mass is 668 g/mol. The fraction of sp³-hybridized carbons (Fsp3) is 0.516. The van der Waals surface area contributed by atoms with Crippen molar-refractivity contribution >= 4 is 12.0 Å². The number of hydrogen-bond donors (Lipinski definition) is 8. The van der Waals surface area contributed by atoms with Crippen LogP contribution in [0.15, 0.2) is 42.5 Å². The third-order valence-electron chi connectivity index (χ3n) is 7.70. The average molecular weight is 669 g/mol. The molecule has 0 aliphatic carbocycles. The lowest BCUT2D eigenvalue weighted by Gasteiger charge is -2.46. The van der Waals surface area contributed by atoms with E-state index in [0.717, 1.165) is 6.08 Å². The van der Waals surface area contributed by atoms with Crippen molar-refractivity contribution in [3.8, 4) is 23.0 Å². The number of carbonyl (C=O) groups excluding carboxylic acids is 1. The Morgan fingerprint density at radius 2 is 1.53 bits per heavy atom. The number of aliphatic hydroxyl groups is 6. The van der Waals surface area contributed by atoms with Crippen molar-refractivity contribution in [2.24, 2.45) is 0 Å². The molecule has 260 valence electrons. The van der Waals surface area contributed by atoms with E-state index in [1.54, 1.807) is 12.1 Å². The van der Waals surface area contributed by atoms with Crippen LogP contribution in [0, 0.1) is 0 Å². The number of ether oxygens (including phenoxy) is 7.